The second-order valence-electron chi connectivity index (χ2n) is 7.54. The Balaban J connectivity index is 1.34. The summed E-state index contributed by atoms with van der Waals surface area (Å²) >= 11 is 0. The van der Waals surface area contributed by atoms with Gasteiger partial charge in [-0.15, -0.1) is 0 Å². The maximum atomic E-state index is 13.3. The highest BCUT2D eigenvalue weighted by Gasteiger charge is 2.51. The zero-order chi connectivity index (χ0) is 19.6. The van der Waals surface area contributed by atoms with Crippen LogP contribution in [0.4, 0.5) is 9.18 Å². The monoisotopic (exact) mass is 382 g/mol. The first-order chi connectivity index (χ1) is 13.6. The molecule has 6 nitrogen and oxygen atoms in total. The topological polar surface area (TPSA) is 65.5 Å². The average molecular weight is 382 g/mol. The van der Waals surface area contributed by atoms with E-state index in [0.717, 1.165) is 12.1 Å². The van der Waals surface area contributed by atoms with Gasteiger partial charge in [0.1, 0.15) is 5.82 Å². The van der Waals surface area contributed by atoms with Crippen LogP contribution >= 0.6 is 0 Å². The highest BCUT2D eigenvalue weighted by Crippen LogP contribution is 2.41. The SMILES string of the molecule is O=C(NCc1cccc(F)c1)N1CCC2(CCN(Cc3ccccn3)C2=O)C1. The predicted molar refractivity (Wildman–Crippen MR) is 102 cm³/mol. The fourth-order valence-corrected chi connectivity index (χ4v) is 4.09. The van der Waals surface area contributed by atoms with Crippen LogP contribution in [0.1, 0.15) is 24.1 Å². The van der Waals surface area contributed by atoms with Crippen LogP contribution in [0.15, 0.2) is 48.7 Å². The van der Waals surface area contributed by atoms with Gasteiger partial charge in [-0.1, -0.05) is 18.2 Å². The van der Waals surface area contributed by atoms with Crippen molar-refractivity contribution in [3.8, 4) is 0 Å². The van der Waals surface area contributed by atoms with Crippen LogP contribution in [0.2, 0.25) is 0 Å². The number of hydrogen-bond donors (Lipinski definition) is 1. The zero-order valence-corrected chi connectivity index (χ0v) is 15.6. The first kappa shape index (κ1) is 18.4. The summed E-state index contributed by atoms with van der Waals surface area (Å²) in [5.74, 6) is -0.213. The number of amides is 3. The Hall–Kier alpha value is -2.96. The third-order valence-electron chi connectivity index (χ3n) is 5.65. The van der Waals surface area contributed by atoms with Gasteiger partial charge < -0.3 is 15.1 Å². The normalized spacial score (nSPS) is 21.5. The average Bonchev–Trinajstić information content (AvgIpc) is 3.27. The molecule has 146 valence electrons. The van der Waals surface area contributed by atoms with Gasteiger partial charge in [-0.3, -0.25) is 9.78 Å². The Kier molecular flexibility index (Phi) is 4.98. The lowest BCUT2D eigenvalue weighted by molar-refractivity contribution is -0.135. The minimum atomic E-state index is -0.481. The van der Waals surface area contributed by atoms with Gasteiger partial charge in [0.05, 0.1) is 17.7 Å². The summed E-state index contributed by atoms with van der Waals surface area (Å²) in [5, 5.41) is 2.83. The number of hydrogen-bond acceptors (Lipinski definition) is 3. The molecule has 2 aliphatic heterocycles. The molecule has 2 aromatic rings. The number of urea groups is 1. The number of benzene rings is 1. The van der Waals surface area contributed by atoms with Crippen molar-refractivity contribution in [2.24, 2.45) is 5.41 Å². The molecule has 1 atom stereocenters. The number of halogens is 1. The van der Waals surface area contributed by atoms with E-state index in [0.29, 0.717) is 38.2 Å². The highest BCUT2D eigenvalue weighted by molar-refractivity contribution is 5.87. The van der Waals surface area contributed by atoms with Crippen LogP contribution in [0.5, 0.6) is 0 Å². The molecule has 2 fully saturated rings. The van der Waals surface area contributed by atoms with Crippen molar-refractivity contribution in [3.63, 3.8) is 0 Å². The molecule has 0 bridgehead atoms. The second kappa shape index (κ2) is 7.58. The van der Waals surface area contributed by atoms with E-state index >= 15 is 0 Å². The maximum absolute atomic E-state index is 13.3. The van der Waals surface area contributed by atoms with Gasteiger partial charge in [-0.2, -0.15) is 0 Å². The summed E-state index contributed by atoms with van der Waals surface area (Å²) in [7, 11) is 0. The third kappa shape index (κ3) is 3.69. The van der Waals surface area contributed by atoms with Crippen LogP contribution < -0.4 is 5.32 Å². The number of aromatic nitrogens is 1. The zero-order valence-electron chi connectivity index (χ0n) is 15.6. The summed E-state index contributed by atoms with van der Waals surface area (Å²) in [4.78, 5) is 33.4. The molecule has 2 saturated heterocycles. The van der Waals surface area contributed by atoms with Gasteiger partial charge in [0.2, 0.25) is 5.91 Å². The van der Waals surface area contributed by atoms with E-state index in [9.17, 15) is 14.0 Å². The number of carbonyl (C=O) groups is 2. The van der Waals surface area contributed by atoms with Crippen molar-refractivity contribution in [1.29, 1.82) is 0 Å². The molecule has 7 heteroatoms. The van der Waals surface area contributed by atoms with Gasteiger partial charge in [0.15, 0.2) is 0 Å². The Labute approximate surface area is 163 Å². The maximum Gasteiger partial charge on any atom is 0.317 e. The van der Waals surface area contributed by atoms with Crippen LogP contribution in [0.3, 0.4) is 0 Å². The molecule has 1 aromatic heterocycles. The van der Waals surface area contributed by atoms with Crippen molar-refractivity contribution in [2.45, 2.75) is 25.9 Å². The van der Waals surface area contributed by atoms with E-state index in [4.69, 9.17) is 0 Å². The Morgan fingerprint density at radius 3 is 2.82 bits per heavy atom. The lowest BCUT2D eigenvalue weighted by Gasteiger charge is -2.23. The second-order valence-corrected chi connectivity index (χ2v) is 7.54. The van der Waals surface area contributed by atoms with Gasteiger partial charge in [0.25, 0.3) is 0 Å². The van der Waals surface area contributed by atoms with Crippen LogP contribution in [-0.4, -0.2) is 46.4 Å². The first-order valence-corrected chi connectivity index (χ1v) is 9.52. The van der Waals surface area contributed by atoms with Gasteiger partial charge in [0, 0.05) is 32.4 Å². The van der Waals surface area contributed by atoms with E-state index in [1.54, 1.807) is 23.2 Å². The van der Waals surface area contributed by atoms with Crippen molar-refractivity contribution in [3.05, 3.63) is 65.7 Å². The molecule has 4 rings (SSSR count). The number of nitrogens with one attached hydrogen (secondary N) is 1. The molecule has 2 aliphatic rings. The first-order valence-electron chi connectivity index (χ1n) is 9.52. The molecule has 28 heavy (non-hydrogen) atoms. The Bertz CT molecular complexity index is 876. The molecule has 1 N–H and O–H groups in total. The lowest BCUT2D eigenvalue weighted by atomic mass is 9.85. The number of nitrogens with zero attached hydrogens (tertiary/aromatic N) is 3. The molecular weight excluding hydrogens is 359 g/mol. The minimum absolute atomic E-state index is 0.110. The van der Waals surface area contributed by atoms with Crippen LogP contribution in [0.25, 0.3) is 0 Å². The van der Waals surface area contributed by atoms with Crippen molar-refractivity contribution < 1.29 is 14.0 Å². The fraction of sp³-hybridized carbons (Fsp3) is 0.381. The fourth-order valence-electron chi connectivity index (χ4n) is 4.09. The molecule has 0 aliphatic carbocycles. The Morgan fingerprint density at radius 1 is 1.18 bits per heavy atom. The smallest absolute Gasteiger partial charge is 0.317 e. The van der Waals surface area contributed by atoms with Gasteiger partial charge in [-0.25, -0.2) is 9.18 Å². The largest absolute Gasteiger partial charge is 0.336 e. The third-order valence-corrected chi connectivity index (χ3v) is 5.65. The summed E-state index contributed by atoms with van der Waals surface area (Å²) in [6, 6.07) is 11.6. The number of rotatable bonds is 4. The van der Waals surface area contributed by atoms with E-state index in [2.05, 4.69) is 10.3 Å². The van der Waals surface area contributed by atoms with Gasteiger partial charge >= 0.3 is 6.03 Å². The molecule has 1 spiro atoms. The van der Waals surface area contributed by atoms with Crippen molar-refractivity contribution in [1.82, 2.24) is 20.1 Å². The highest BCUT2D eigenvalue weighted by atomic mass is 19.1. The van der Waals surface area contributed by atoms with Crippen molar-refractivity contribution >= 4 is 11.9 Å². The molecule has 3 heterocycles. The Morgan fingerprint density at radius 2 is 2.04 bits per heavy atom. The summed E-state index contributed by atoms with van der Waals surface area (Å²) in [6.45, 7) is 2.44. The summed E-state index contributed by atoms with van der Waals surface area (Å²) < 4.78 is 13.3. The van der Waals surface area contributed by atoms with E-state index in [1.807, 2.05) is 23.1 Å². The van der Waals surface area contributed by atoms with E-state index in [1.165, 1.54) is 12.1 Å². The van der Waals surface area contributed by atoms with Gasteiger partial charge in [-0.05, 0) is 42.7 Å². The number of carbonyl (C=O) groups excluding carboxylic acids is 2. The summed E-state index contributed by atoms with van der Waals surface area (Å²) in [6.07, 6.45) is 3.16. The molecule has 1 unspecified atom stereocenters. The molecule has 0 saturated carbocycles. The minimum Gasteiger partial charge on any atom is -0.336 e. The van der Waals surface area contributed by atoms with Crippen LogP contribution in [-0.2, 0) is 17.9 Å². The molecular formula is C21H23FN4O2. The molecule has 0 radical (unpaired) electrons. The van der Waals surface area contributed by atoms with Crippen molar-refractivity contribution in [2.75, 3.05) is 19.6 Å². The number of pyridine rings is 1. The van der Waals surface area contributed by atoms with E-state index < -0.39 is 5.41 Å². The molecule has 1 aromatic carbocycles. The summed E-state index contributed by atoms with van der Waals surface area (Å²) in [5.41, 5.74) is 1.10. The standard InChI is InChI=1S/C21H23FN4O2/c22-17-5-3-4-16(12-17)13-24-20(28)26-11-8-21(15-26)7-10-25(19(21)27)14-18-6-1-2-9-23-18/h1-6,9,12H,7-8,10-11,13-15H2,(H,24,28). The lowest BCUT2D eigenvalue weighted by Crippen LogP contribution is -2.41. The van der Waals surface area contributed by atoms with E-state index in [-0.39, 0.29) is 24.3 Å². The van der Waals surface area contributed by atoms with Crippen LogP contribution in [0, 0.1) is 11.2 Å². The molecule has 3 amide bonds. The quantitative estimate of drug-likeness (QED) is 0.884. The predicted octanol–water partition coefficient (Wildman–Crippen LogP) is 2.55. The number of likely N-dealkylation sites (tertiary alicyclic amines) is 2.